The van der Waals surface area contributed by atoms with Crippen LogP contribution in [0, 0.1) is 23.2 Å². The third kappa shape index (κ3) is 6.10. The van der Waals surface area contributed by atoms with Gasteiger partial charge in [-0.1, -0.05) is 19.1 Å². The Morgan fingerprint density at radius 2 is 1.81 bits per heavy atom. The van der Waals surface area contributed by atoms with Crippen LogP contribution in [0.25, 0.3) is 11.1 Å². The Morgan fingerprint density at radius 1 is 1.06 bits per heavy atom. The van der Waals surface area contributed by atoms with Crippen molar-refractivity contribution in [1.82, 2.24) is 9.97 Å². The summed E-state index contributed by atoms with van der Waals surface area (Å²) in [6, 6.07) is 9.99. The van der Waals surface area contributed by atoms with Crippen LogP contribution in [-0.2, 0) is 4.74 Å². The normalized spacial score (nSPS) is 21.5. The molecule has 1 aromatic carbocycles. The van der Waals surface area contributed by atoms with Crippen LogP contribution >= 0.6 is 0 Å². The second-order valence-electron chi connectivity index (χ2n) is 8.85. The number of nitriles is 1. The summed E-state index contributed by atoms with van der Waals surface area (Å²) in [6.45, 7) is 4.56. The van der Waals surface area contributed by atoms with Gasteiger partial charge >= 0.3 is 0 Å². The highest BCUT2D eigenvalue weighted by Crippen LogP contribution is 2.32. The van der Waals surface area contributed by atoms with Crippen molar-refractivity contribution < 1.29 is 14.2 Å². The smallest absolute Gasteiger partial charge is 0.226 e. The Hall–Kier alpha value is -2.85. The van der Waals surface area contributed by atoms with Crippen LogP contribution in [0.2, 0.25) is 0 Å². The van der Waals surface area contributed by atoms with Gasteiger partial charge < -0.3 is 19.5 Å². The van der Waals surface area contributed by atoms with Crippen molar-refractivity contribution in [3.8, 4) is 28.8 Å². The fourth-order valence-corrected chi connectivity index (χ4v) is 4.29. The number of anilines is 1. The number of rotatable bonds is 8. The summed E-state index contributed by atoms with van der Waals surface area (Å²) >= 11 is 0. The summed E-state index contributed by atoms with van der Waals surface area (Å²) in [5.41, 5.74) is 1.81. The standard InChI is InChI=1S/C25H32N4O3/c1-18-2-6-21(7-3-18)28-25-27-16-23(20-4-8-22(9-5-20)31-15-12-26)24(29-25)32-17-19-10-13-30-14-11-19/h4-5,8-9,16,18-19,21H,2-3,6-7,10-11,13-15,17H2,1H3,(H,27,28,29). The molecule has 2 aliphatic rings. The molecule has 1 aliphatic carbocycles. The van der Waals surface area contributed by atoms with Crippen LogP contribution in [0.15, 0.2) is 30.5 Å². The minimum atomic E-state index is 0.0300. The average Bonchev–Trinajstić information content (AvgIpc) is 2.84. The molecule has 1 aliphatic heterocycles. The van der Waals surface area contributed by atoms with E-state index in [1.807, 2.05) is 36.5 Å². The highest BCUT2D eigenvalue weighted by molar-refractivity contribution is 5.69. The molecule has 0 amide bonds. The van der Waals surface area contributed by atoms with Crippen LogP contribution in [0.3, 0.4) is 0 Å². The maximum atomic E-state index is 8.70. The van der Waals surface area contributed by atoms with Gasteiger partial charge in [0.1, 0.15) is 11.8 Å². The predicted octanol–water partition coefficient (Wildman–Crippen LogP) is 4.84. The van der Waals surface area contributed by atoms with E-state index in [1.165, 1.54) is 12.8 Å². The monoisotopic (exact) mass is 436 g/mol. The van der Waals surface area contributed by atoms with E-state index in [0.29, 0.717) is 36.1 Å². The molecule has 0 bridgehead atoms. The molecule has 170 valence electrons. The molecule has 2 fully saturated rings. The first-order chi connectivity index (χ1) is 15.7. The van der Waals surface area contributed by atoms with Gasteiger partial charge in [0.2, 0.25) is 11.8 Å². The van der Waals surface area contributed by atoms with Crippen molar-refractivity contribution in [3.63, 3.8) is 0 Å². The highest BCUT2D eigenvalue weighted by Gasteiger charge is 2.21. The molecule has 1 aromatic heterocycles. The highest BCUT2D eigenvalue weighted by atomic mass is 16.5. The van der Waals surface area contributed by atoms with Crippen molar-refractivity contribution in [3.05, 3.63) is 30.5 Å². The summed E-state index contributed by atoms with van der Waals surface area (Å²) in [5, 5.41) is 12.2. The lowest BCUT2D eigenvalue weighted by molar-refractivity contribution is 0.0491. The molecule has 1 saturated heterocycles. The van der Waals surface area contributed by atoms with E-state index in [2.05, 4.69) is 17.2 Å². The van der Waals surface area contributed by atoms with Crippen molar-refractivity contribution in [2.45, 2.75) is 51.5 Å². The first kappa shape index (κ1) is 22.3. The summed E-state index contributed by atoms with van der Waals surface area (Å²) < 4.78 is 17.1. The summed E-state index contributed by atoms with van der Waals surface area (Å²) in [5.74, 6) is 3.17. The quantitative estimate of drug-likeness (QED) is 0.633. The van der Waals surface area contributed by atoms with E-state index < -0.39 is 0 Å². The molecule has 0 unspecified atom stereocenters. The number of aromatic nitrogens is 2. The molecular formula is C25H32N4O3. The molecular weight excluding hydrogens is 404 g/mol. The lowest BCUT2D eigenvalue weighted by atomic mass is 9.87. The third-order valence-corrected chi connectivity index (χ3v) is 6.37. The van der Waals surface area contributed by atoms with E-state index in [0.717, 1.165) is 55.9 Å². The van der Waals surface area contributed by atoms with Gasteiger partial charge in [-0.2, -0.15) is 10.2 Å². The molecule has 2 heterocycles. The Labute approximate surface area is 190 Å². The first-order valence-corrected chi connectivity index (χ1v) is 11.7. The summed E-state index contributed by atoms with van der Waals surface area (Å²) in [6.07, 6.45) is 8.63. The minimum absolute atomic E-state index is 0.0300. The Kier molecular flexibility index (Phi) is 7.78. The SMILES string of the molecule is CC1CCC(Nc2ncc(-c3ccc(OCC#N)cc3)c(OCC3CCOCC3)n2)CC1. The molecule has 0 spiro atoms. The van der Waals surface area contributed by atoms with Gasteiger partial charge in [0.15, 0.2) is 6.61 Å². The second-order valence-corrected chi connectivity index (χ2v) is 8.85. The van der Waals surface area contributed by atoms with Gasteiger partial charge in [0.05, 0.1) is 12.2 Å². The molecule has 2 aromatic rings. The van der Waals surface area contributed by atoms with Crippen LogP contribution in [0.4, 0.5) is 5.95 Å². The number of ether oxygens (including phenoxy) is 3. The predicted molar refractivity (Wildman–Crippen MR) is 123 cm³/mol. The number of nitrogens with one attached hydrogen (secondary N) is 1. The van der Waals surface area contributed by atoms with Crippen molar-refractivity contribution in [2.75, 3.05) is 31.7 Å². The number of hydrogen-bond donors (Lipinski definition) is 1. The van der Waals surface area contributed by atoms with Gasteiger partial charge in [-0.25, -0.2) is 4.98 Å². The molecule has 1 N–H and O–H groups in total. The third-order valence-electron chi connectivity index (χ3n) is 6.37. The van der Waals surface area contributed by atoms with Gasteiger partial charge in [-0.3, -0.25) is 0 Å². The average molecular weight is 437 g/mol. The fraction of sp³-hybridized carbons (Fsp3) is 0.560. The van der Waals surface area contributed by atoms with Crippen molar-refractivity contribution in [2.24, 2.45) is 11.8 Å². The Morgan fingerprint density at radius 3 is 2.53 bits per heavy atom. The molecule has 32 heavy (non-hydrogen) atoms. The summed E-state index contributed by atoms with van der Waals surface area (Å²) in [4.78, 5) is 9.37. The zero-order chi connectivity index (χ0) is 22.2. The van der Waals surface area contributed by atoms with Crippen LogP contribution in [-0.4, -0.2) is 42.4 Å². The van der Waals surface area contributed by atoms with E-state index in [9.17, 15) is 0 Å². The first-order valence-electron chi connectivity index (χ1n) is 11.7. The molecule has 0 atom stereocenters. The number of hydrogen-bond acceptors (Lipinski definition) is 7. The number of nitrogens with zero attached hydrogens (tertiary/aromatic N) is 3. The van der Waals surface area contributed by atoms with Crippen molar-refractivity contribution >= 4 is 5.95 Å². The Balaban J connectivity index is 1.51. The largest absolute Gasteiger partial charge is 0.479 e. The van der Waals surface area contributed by atoms with Gasteiger partial charge in [-0.05, 0) is 68.1 Å². The number of benzene rings is 1. The van der Waals surface area contributed by atoms with E-state index >= 15 is 0 Å². The Bertz CT molecular complexity index is 898. The second kappa shape index (κ2) is 11.1. The van der Waals surface area contributed by atoms with E-state index in [-0.39, 0.29) is 6.61 Å². The van der Waals surface area contributed by atoms with E-state index in [4.69, 9.17) is 24.5 Å². The van der Waals surface area contributed by atoms with Crippen molar-refractivity contribution in [1.29, 1.82) is 5.26 Å². The van der Waals surface area contributed by atoms with Crippen LogP contribution < -0.4 is 14.8 Å². The fourth-order valence-electron chi connectivity index (χ4n) is 4.29. The maximum absolute atomic E-state index is 8.70. The van der Waals surface area contributed by atoms with Gasteiger partial charge in [0, 0.05) is 25.5 Å². The minimum Gasteiger partial charge on any atom is -0.479 e. The van der Waals surface area contributed by atoms with Crippen LogP contribution in [0.1, 0.15) is 45.4 Å². The lowest BCUT2D eigenvalue weighted by Gasteiger charge is -2.27. The molecule has 0 radical (unpaired) electrons. The van der Waals surface area contributed by atoms with Gasteiger partial charge in [0.25, 0.3) is 0 Å². The summed E-state index contributed by atoms with van der Waals surface area (Å²) in [7, 11) is 0. The van der Waals surface area contributed by atoms with Gasteiger partial charge in [-0.15, -0.1) is 0 Å². The zero-order valence-corrected chi connectivity index (χ0v) is 18.8. The zero-order valence-electron chi connectivity index (χ0n) is 18.8. The maximum Gasteiger partial charge on any atom is 0.226 e. The van der Waals surface area contributed by atoms with E-state index in [1.54, 1.807) is 0 Å². The molecule has 1 saturated carbocycles. The lowest BCUT2D eigenvalue weighted by Crippen LogP contribution is -2.26. The molecule has 7 nitrogen and oxygen atoms in total. The molecule has 7 heteroatoms. The topological polar surface area (TPSA) is 89.3 Å². The molecule has 4 rings (SSSR count). The van der Waals surface area contributed by atoms with Crippen LogP contribution in [0.5, 0.6) is 11.6 Å².